The molecule has 0 unspecified atom stereocenters. The first-order chi connectivity index (χ1) is 6.63. The van der Waals surface area contributed by atoms with Crippen molar-refractivity contribution in [1.82, 2.24) is 14.9 Å². The first-order valence-electron chi connectivity index (χ1n) is 5.00. The summed E-state index contributed by atoms with van der Waals surface area (Å²) in [5.41, 5.74) is 0. The van der Waals surface area contributed by atoms with Crippen molar-refractivity contribution < 1.29 is 9.28 Å². The van der Waals surface area contributed by atoms with Gasteiger partial charge in [-0.25, -0.2) is 0 Å². The highest BCUT2D eigenvalue weighted by atomic mass is 19.2. The van der Waals surface area contributed by atoms with E-state index in [1.807, 2.05) is 18.9 Å². The van der Waals surface area contributed by atoms with Crippen molar-refractivity contribution in [3.05, 3.63) is 0 Å². The Bertz CT molecular complexity index is 192. The molecule has 0 N–H and O–H groups in total. The van der Waals surface area contributed by atoms with E-state index in [1.165, 1.54) is 0 Å². The number of halogens is 1. The third-order valence-corrected chi connectivity index (χ3v) is 2.52. The van der Waals surface area contributed by atoms with Crippen molar-refractivity contribution >= 4 is 5.91 Å². The fraction of sp³-hybridized carbons (Fsp3) is 0.889. The van der Waals surface area contributed by atoms with E-state index in [2.05, 4.69) is 0 Å². The Kier molecular flexibility index (Phi) is 4.28. The summed E-state index contributed by atoms with van der Waals surface area (Å²) in [5, 5.41) is 0.757. The lowest BCUT2D eigenvalue weighted by atomic mass is 10.3. The van der Waals surface area contributed by atoms with Gasteiger partial charge in [0.05, 0.1) is 6.54 Å². The molecular formula is C9H18FN3O. The van der Waals surface area contributed by atoms with Gasteiger partial charge >= 0.3 is 0 Å². The predicted octanol–water partition coefficient (Wildman–Crippen LogP) is -0.0332. The number of hydrogen-bond acceptors (Lipinski definition) is 3. The lowest BCUT2D eigenvalue weighted by molar-refractivity contribution is -0.136. The van der Waals surface area contributed by atoms with Crippen LogP contribution in [0.5, 0.6) is 0 Å². The second-order valence-corrected chi connectivity index (χ2v) is 3.62. The summed E-state index contributed by atoms with van der Waals surface area (Å²) < 4.78 is 12.6. The number of likely N-dealkylation sites (N-methyl/N-ethyl adjacent to an activating group) is 1. The van der Waals surface area contributed by atoms with E-state index in [-0.39, 0.29) is 5.91 Å². The Morgan fingerprint density at radius 1 is 1.36 bits per heavy atom. The first-order valence-corrected chi connectivity index (χ1v) is 5.00. The molecule has 5 heteroatoms. The van der Waals surface area contributed by atoms with Gasteiger partial charge in [-0.05, 0) is 13.6 Å². The monoisotopic (exact) mass is 203 g/mol. The van der Waals surface area contributed by atoms with Crippen LogP contribution in [0.25, 0.3) is 0 Å². The molecule has 0 bridgehead atoms. The van der Waals surface area contributed by atoms with Gasteiger partial charge in [-0.1, -0.05) is 6.92 Å². The van der Waals surface area contributed by atoms with Gasteiger partial charge in [0.2, 0.25) is 5.91 Å². The van der Waals surface area contributed by atoms with Crippen LogP contribution in [0.2, 0.25) is 0 Å². The normalized spacial score (nSPS) is 19.0. The Morgan fingerprint density at radius 3 is 2.43 bits per heavy atom. The maximum Gasteiger partial charge on any atom is 0.236 e. The molecule has 0 aromatic carbocycles. The van der Waals surface area contributed by atoms with Crippen LogP contribution < -0.4 is 0 Å². The minimum Gasteiger partial charge on any atom is -0.339 e. The quantitative estimate of drug-likeness (QED) is 0.603. The summed E-state index contributed by atoms with van der Waals surface area (Å²) in [4.78, 5) is 15.3. The topological polar surface area (TPSA) is 26.8 Å². The summed E-state index contributed by atoms with van der Waals surface area (Å²) in [6, 6.07) is 0. The van der Waals surface area contributed by atoms with Gasteiger partial charge in [-0.15, -0.1) is 9.60 Å². The van der Waals surface area contributed by atoms with Gasteiger partial charge in [0, 0.05) is 26.2 Å². The van der Waals surface area contributed by atoms with Crippen molar-refractivity contribution in [3.63, 3.8) is 0 Å². The third-order valence-electron chi connectivity index (χ3n) is 2.52. The minimum absolute atomic E-state index is 0.0995. The third kappa shape index (κ3) is 3.23. The molecule has 4 nitrogen and oxygen atoms in total. The van der Waals surface area contributed by atoms with Crippen molar-refractivity contribution in [1.29, 1.82) is 0 Å². The fourth-order valence-corrected chi connectivity index (χ4v) is 1.37. The Hall–Kier alpha value is -0.680. The number of carbonyl (C=O) groups is 1. The van der Waals surface area contributed by atoms with Gasteiger partial charge in [0.25, 0.3) is 0 Å². The Labute approximate surface area is 84.2 Å². The number of rotatable bonds is 3. The predicted molar refractivity (Wildman–Crippen MR) is 52.4 cm³/mol. The molecule has 82 valence electrons. The number of nitrogens with zero attached hydrogens (tertiary/aromatic N) is 3. The van der Waals surface area contributed by atoms with Gasteiger partial charge < -0.3 is 4.90 Å². The summed E-state index contributed by atoms with van der Waals surface area (Å²) in [5.74, 6) is 0.0995. The van der Waals surface area contributed by atoms with Gasteiger partial charge in [-0.3, -0.25) is 9.69 Å². The van der Waals surface area contributed by atoms with E-state index in [9.17, 15) is 9.28 Å². The summed E-state index contributed by atoms with van der Waals surface area (Å²) in [6.45, 7) is 4.98. The largest absolute Gasteiger partial charge is 0.339 e. The number of piperazine rings is 1. The molecule has 1 heterocycles. The van der Waals surface area contributed by atoms with Gasteiger partial charge in [0.15, 0.2) is 0 Å². The SMILES string of the molecule is CCN(C)CC(=O)N1CCN(F)CC1. The molecule has 14 heavy (non-hydrogen) atoms. The number of carbonyl (C=O) groups excluding carboxylic acids is 1. The molecule has 0 spiro atoms. The van der Waals surface area contributed by atoms with Crippen molar-refractivity contribution in [2.75, 3.05) is 46.3 Å². The average Bonchev–Trinajstić information content (AvgIpc) is 2.18. The van der Waals surface area contributed by atoms with E-state index in [0.717, 1.165) is 11.7 Å². The summed E-state index contributed by atoms with van der Waals surface area (Å²) in [6.07, 6.45) is 0. The molecule has 0 radical (unpaired) electrons. The van der Waals surface area contributed by atoms with Crippen molar-refractivity contribution in [2.24, 2.45) is 0 Å². The molecule has 0 atom stereocenters. The van der Waals surface area contributed by atoms with Crippen LogP contribution in [0.1, 0.15) is 6.92 Å². The Morgan fingerprint density at radius 2 is 1.93 bits per heavy atom. The maximum absolute atomic E-state index is 12.6. The van der Waals surface area contributed by atoms with Crippen molar-refractivity contribution in [3.8, 4) is 0 Å². The molecule has 1 aliphatic rings. The van der Waals surface area contributed by atoms with Crippen molar-refractivity contribution in [2.45, 2.75) is 6.92 Å². The minimum atomic E-state index is 0.0995. The van der Waals surface area contributed by atoms with Crippen LogP contribution in [-0.4, -0.2) is 67.1 Å². The van der Waals surface area contributed by atoms with E-state index in [0.29, 0.717) is 32.7 Å². The molecule has 0 aromatic rings. The average molecular weight is 203 g/mol. The van der Waals surface area contributed by atoms with E-state index >= 15 is 0 Å². The lowest BCUT2D eigenvalue weighted by Crippen LogP contribution is -2.48. The van der Waals surface area contributed by atoms with Gasteiger partial charge in [0.1, 0.15) is 0 Å². The lowest BCUT2D eigenvalue weighted by Gasteiger charge is -2.30. The highest BCUT2D eigenvalue weighted by Crippen LogP contribution is 2.02. The van der Waals surface area contributed by atoms with Crippen LogP contribution in [-0.2, 0) is 4.79 Å². The highest BCUT2D eigenvalue weighted by molar-refractivity contribution is 5.78. The second-order valence-electron chi connectivity index (χ2n) is 3.62. The molecule has 1 amide bonds. The summed E-state index contributed by atoms with van der Waals surface area (Å²) >= 11 is 0. The fourth-order valence-electron chi connectivity index (χ4n) is 1.37. The molecule has 1 fully saturated rings. The zero-order valence-electron chi connectivity index (χ0n) is 8.87. The molecule has 0 aromatic heterocycles. The molecular weight excluding hydrogens is 185 g/mol. The zero-order valence-corrected chi connectivity index (χ0v) is 8.87. The van der Waals surface area contributed by atoms with Crippen LogP contribution in [0.15, 0.2) is 0 Å². The number of hydrogen-bond donors (Lipinski definition) is 0. The molecule has 0 aliphatic carbocycles. The smallest absolute Gasteiger partial charge is 0.236 e. The van der Waals surface area contributed by atoms with Gasteiger partial charge in [-0.2, -0.15) is 0 Å². The Balaban J connectivity index is 2.30. The molecule has 1 rings (SSSR count). The molecule has 1 saturated heterocycles. The summed E-state index contributed by atoms with van der Waals surface area (Å²) in [7, 11) is 1.91. The molecule has 0 saturated carbocycles. The molecule has 1 aliphatic heterocycles. The van der Waals surface area contributed by atoms with Crippen LogP contribution in [0.4, 0.5) is 4.48 Å². The van der Waals surface area contributed by atoms with Crippen LogP contribution in [0.3, 0.4) is 0 Å². The highest BCUT2D eigenvalue weighted by Gasteiger charge is 2.20. The first kappa shape index (κ1) is 11.4. The standard InChI is InChI=1S/C9H18FN3O/c1-3-11(2)8-9(14)12-4-6-13(10)7-5-12/h3-8H2,1-2H3. The second kappa shape index (κ2) is 5.26. The van der Waals surface area contributed by atoms with E-state index in [4.69, 9.17) is 0 Å². The maximum atomic E-state index is 12.6. The number of amides is 1. The van der Waals surface area contributed by atoms with E-state index in [1.54, 1.807) is 4.90 Å². The zero-order chi connectivity index (χ0) is 10.6. The van der Waals surface area contributed by atoms with Crippen LogP contribution >= 0.6 is 0 Å². The van der Waals surface area contributed by atoms with Crippen LogP contribution in [0, 0.1) is 0 Å². The van der Waals surface area contributed by atoms with E-state index < -0.39 is 0 Å².